The number of hydrogen-bond acceptors (Lipinski definition) is 3. The summed E-state index contributed by atoms with van der Waals surface area (Å²) in [6.45, 7) is 0. The second-order valence-electron chi connectivity index (χ2n) is 2.76. The Balaban J connectivity index is 3.18. The molecule has 0 spiro atoms. The Morgan fingerprint density at radius 1 is 1.44 bits per heavy atom. The van der Waals surface area contributed by atoms with Gasteiger partial charge in [0.05, 0.1) is 9.92 Å². The van der Waals surface area contributed by atoms with E-state index >= 15 is 0 Å². The van der Waals surface area contributed by atoms with Crippen LogP contribution in [0.1, 0.15) is 0 Å². The number of carboxylic acids is 1. The van der Waals surface area contributed by atoms with Crippen molar-refractivity contribution >= 4 is 27.4 Å². The van der Waals surface area contributed by atoms with Crippen molar-refractivity contribution in [2.75, 3.05) is 0 Å². The van der Waals surface area contributed by atoms with Gasteiger partial charge in [-0.15, -0.1) is 0 Å². The average molecular weight is 265 g/mol. The van der Waals surface area contributed by atoms with Crippen LogP contribution in [0.3, 0.4) is 0 Å². The Labute approximate surface area is 95.9 Å². The van der Waals surface area contributed by atoms with E-state index in [1.165, 1.54) is 0 Å². The third kappa shape index (κ3) is 3.04. The van der Waals surface area contributed by atoms with Crippen LogP contribution in [0.2, 0.25) is 5.02 Å². The molecule has 86 valence electrons. The van der Waals surface area contributed by atoms with Crippen LogP contribution in [0.15, 0.2) is 34.6 Å². The van der Waals surface area contributed by atoms with Gasteiger partial charge in [0.1, 0.15) is 5.82 Å². The zero-order valence-electron chi connectivity index (χ0n) is 7.72. The summed E-state index contributed by atoms with van der Waals surface area (Å²) in [7, 11) is -3.91. The van der Waals surface area contributed by atoms with Crippen molar-refractivity contribution in [2.45, 2.75) is 4.90 Å². The van der Waals surface area contributed by atoms with Crippen LogP contribution in [0, 0.1) is 5.82 Å². The highest BCUT2D eigenvalue weighted by molar-refractivity contribution is 7.94. The Morgan fingerprint density at radius 2 is 2.06 bits per heavy atom. The van der Waals surface area contributed by atoms with Gasteiger partial charge < -0.3 is 5.11 Å². The van der Waals surface area contributed by atoms with Crippen LogP contribution in [0.4, 0.5) is 4.39 Å². The lowest BCUT2D eigenvalue weighted by Crippen LogP contribution is -1.98. The van der Waals surface area contributed by atoms with E-state index in [1.54, 1.807) is 0 Å². The van der Waals surface area contributed by atoms with Crippen LogP contribution in [-0.4, -0.2) is 19.5 Å². The van der Waals surface area contributed by atoms with E-state index in [9.17, 15) is 17.6 Å². The summed E-state index contributed by atoms with van der Waals surface area (Å²) >= 11 is 5.40. The quantitative estimate of drug-likeness (QED) is 0.668. The van der Waals surface area contributed by atoms with Crippen molar-refractivity contribution in [3.63, 3.8) is 0 Å². The summed E-state index contributed by atoms with van der Waals surface area (Å²) in [5.41, 5.74) is 0. The number of aliphatic carboxylic acids is 1. The molecule has 0 fully saturated rings. The van der Waals surface area contributed by atoms with Crippen LogP contribution in [0.25, 0.3) is 0 Å². The molecule has 0 aliphatic carbocycles. The standard InChI is InChI=1S/C9H6ClFO4S/c10-7-5-6(1-2-8(7)11)16(14,15)4-3-9(12)13/h1-5H,(H,12,13)/b4-3+. The highest BCUT2D eigenvalue weighted by Crippen LogP contribution is 2.20. The van der Waals surface area contributed by atoms with Crippen molar-refractivity contribution in [1.29, 1.82) is 0 Å². The molecule has 0 atom stereocenters. The van der Waals surface area contributed by atoms with Crippen LogP contribution in [0.5, 0.6) is 0 Å². The predicted octanol–water partition coefficient (Wildman–Crippen LogP) is 1.85. The van der Waals surface area contributed by atoms with Gasteiger partial charge in [0, 0.05) is 11.5 Å². The highest BCUT2D eigenvalue weighted by atomic mass is 35.5. The Kier molecular flexibility index (Phi) is 3.66. The van der Waals surface area contributed by atoms with Crippen molar-refractivity contribution in [3.8, 4) is 0 Å². The van der Waals surface area contributed by atoms with Crippen LogP contribution < -0.4 is 0 Å². The van der Waals surface area contributed by atoms with Gasteiger partial charge in [-0.25, -0.2) is 17.6 Å². The fraction of sp³-hybridized carbons (Fsp3) is 0. The van der Waals surface area contributed by atoms with Crippen LogP contribution >= 0.6 is 11.6 Å². The minimum atomic E-state index is -3.91. The Morgan fingerprint density at radius 3 is 2.56 bits per heavy atom. The summed E-state index contributed by atoms with van der Waals surface area (Å²) in [6, 6.07) is 2.81. The normalized spacial score (nSPS) is 11.9. The topological polar surface area (TPSA) is 71.4 Å². The molecule has 4 nitrogen and oxygen atoms in total. The fourth-order valence-corrected chi connectivity index (χ4v) is 2.12. The highest BCUT2D eigenvalue weighted by Gasteiger charge is 2.13. The lowest BCUT2D eigenvalue weighted by Gasteiger charge is -1.99. The average Bonchev–Trinajstić information content (AvgIpc) is 2.19. The first-order valence-corrected chi connectivity index (χ1v) is 5.86. The van der Waals surface area contributed by atoms with Gasteiger partial charge in [-0.05, 0) is 18.2 Å². The maximum Gasteiger partial charge on any atom is 0.329 e. The fourth-order valence-electron chi connectivity index (χ4n) is 0.880. The number of hydrogen-bond donors (Lipinski definition) is 1. The third-order valence-corrected chi connectivity index (χ3v) is 3.30. The molecule has 1 aromatic rings. The van der Waals surface area contributed by atoms with Gasteiger partial charge in [0.2, 0.25) is 0 Å². The molecule has 0 unspecified atom stereocenters. The minimum absolute atomic E-state index is 0.267. The number of carboxylic acid groups (broad SMARTS) is 1. The molecule has 0 aliphatic heterocycles. The summed E-state index contributed by atoms with van der Waals surface area (Å²) in [4.78, 5) is 9.89. The van der Waals surface area contributed by atoms with Crippen molar-refractivity contribution < 1.29 is 22.7 Å². The van der Waals surface area contributed by atoms with Gasteiger partial charge in [-0.1, -0.05) is 11.6 Å². The predicted molar refractivity (Wildman–Crippen MR) is 55.4 cm³/mol. The van der Waals surface area contributed by atoms with Crippen molar-refractivity contribution in [2.24, 2.45) is 0 Å². The first-order valence-electron chi connectivity index (χ1n) is 3.94. The number of halogens is 2. The number of benzene rings is 1. The number of carbonyl (C=O) groups is 1. The molecule has 0 heterocycles. The van der Waals surface area contributed by atoms with E-state index in [4.69, 9.17) is 16.7 Å². The first kappa shape index (κ1) is 12.7. The lowest BCUT2D eigenvalue weighted by atomic mass is 10.3. The summed E-state index contributed by atoms with van der Waals surface area (Å²) < 4.78 is 35.7. The molecule has 7 heteroatoms. The minimum Gasteiger partial charge on any atom is -0.478 e. The van der Waals surface area contributed by atoms with Gasteiger partial charge in [-0.2, -0.15) is 0 Å². The SMILES string of the molecule is O=C(O)/C=C/S(=O)(=O)c1ccc(F)c(Cl)c1. The molecular formula is C9H6ClFO4S. The zero-order valence-corrected chi connectivity index (χ0v) is 9.30. The molecule has 0 bridgehead atoms. The molecule has 0 aromatic heterocycles. The Bertz CT molecular complexity index is 551. The summed E-state index contributed by atoms with van der Waals surface area (Å²) in [6.07, 6.45) is 0.479. The lowest BCUT2D eigenvalue weighted by molar-refractivity contribution is -0.131. The van der Waals surface area contributed by atoms with Gasteiger partial charge in [0.15, 0.2) is 9.84 Å². The Hall–Kier alpha value is -1.40. The smallest absolute Gasteiger partial charge is 0.329 e. The first-order chi connectivity index (χ1) is 7.33. The molecule has 1 rings (SSSR count). The van der Waals surface area contributed by atoms with E-state index in [0.29, 0.717) is 11.5 Å². The van der Waals surface area contributed by atoms with E-state index in [-0.39, 0.29) is 9.92 Å². The van der Waals surface area contributed by atoms with Gasteiger partial charge >= 0.3 is 5.97 Å². The van der Waals surface area contributed by atoms with Gasteiger partial charge in [0.25, 0.3) is 0 Å². The molecule has 0 saturated heterocycles. The van der Waals surface area contributed by atoms with E-state index in [1.807, 2.05) is 0 Å². The monoisotopic (exact) mass is 264 g/mol. The molecule has 16 heavy (non-hydrogen) atoms. The van der Waals surface area contributed by atoms with E-state index in [2.05, 4.69) is 0 Å². The van der Waals surface area contributed by atoms with E-state index in [0.717, 1.165) is 18.2 Å². The number of rotatable bonds is 3. The molecule has 0 saturated carbocycles. The number of sulfone groups is 1. The van der Waals surface area contributed by atoms with Crippen molar-refractivity contribution in [1.82, 2.24) is 0 Å². The summed E-state index contributed by atoms with van der Waals surface area (Å²) in [5, 5.41) is 8.46. The molecule has 1 N–H and O–H groups in total. The molecule has 0 amide bonds. The zero-order chi connectivity index (χ0) is 12.3. The molecular weight excluding hydrogens is 259 g/mol. The van der Waals surface area contributed by atoms with E-state index < -0.39 is 21.6 Å². The van der Waals surface area contributed by atoms with Crippen molar-refractivity contribution in [3.05, 3.63) is 40.5 Å². The summed E-state index contributed by atoms with van der Waals surface area (Å²) in [5.74, 6) is -2.14. The third-order valence-electron chi connectivity index (χ3n) is 1.61. The largest absolute Gasteiger partial charge is 0.478 e. The maximum atomic E-state index is 12.8. The molecule has 0 radical (unpaired) electrons. The van der Waals surface area contributed by atoms with Crippen LogP contribution in [-0.2, 0) is 14.6 Å². The second kappa shape index (κ2) is 4.63. The van der Waals surface area contributed by atoms with Gasteiger partial charge in [-0.3, -0.25) is 0 Å². The molecule has 1 aromatic carbocycles. The molecule has 0 aliphatic rings. The second-order valence-corrected chi connectivity index (χ2v) is 5.00. The maximum absolute atomic E-state index is 12.8.